The van der Waals surface area contributed by atoms with Crippen molar-refractivity contribution in [1.29, 1.82) is 0 Å². The SMILES string of the molecule is CCC[C@@H]1NC(=O)[C@H](Cc2c[nH]c3ncccc23)NC(=O)[C@@H]([C@@H](C)O)NC(=O)C2CCCCNC(=O)CCC(NC1=O)C(=O)N[C@@H](Cc1ccc(O)cc1)C(=O)N[C@@H](C1CCCCC1)C(=O)N[C@@H]([C@@H](C)O)C(=O)N[C@@H](C(N)=O)CSCc1cccc(c1)CSCCC(=O)N[C@@H](C(C)(C)C)C(=O)N[C@@H](Cc1ccc(O)cc1)C(=O)N2. The van der Waals surface area contributed by atoms with E-state index >= 15 is 19.2 Å². The summed E-state index contributed by atoms with van der Waals surface area (Å²) in [5.41, 5.74) is 8.37. The van der Waals surface area contributed by atoms with E-state index in [9.17, 15) is 63.6 Å². The molecular weight excluding hydrogens is 1510 g/mol. The second-order valence-corrected chi connectivity index (χ2v) is 32.6. The molecule has 1 saturated heterocycles. The second-order valence-electron chi connectivity index (χ2n) is 30.5. The average Bonchev–Trinajstić information content (AvgIpc) is 1.56. The zero-order chi connectivity index (χ0) is 82.8. The van der Waals surface area contributed by atoms with Crippen molar-refractivity contribution in [3.8, 4) is 11.5 Å². The molecule has 32 nitrogen and oxygen atoms in total. The van der Waals surface area contributed by atoms with Gasteiger partial charge in [-0.25, -0.2) is 4.98 Å². The fourth-order valence-electron chi connectivity index (χ4n) is 13.8. The minimum absolute atomic E-state index is 0.0306. The van der Waals surface area contributed by atoms with E-state index in [-0.39, 0.29) is 81.6 Å². The summed E-state index contributed by atoms with van der Waals surface area (Å²) >= 11 is 2.72. The number of pyridine rings is 1. The Morgan fingerprint density at radius 3 is 1.67 bits per heavy atom. The summed E-state index contributed by atoms with van der Waals surface area (Å²) in [6.07, 6.45) is 1.28. The Balaban J connectivity index is 1.19. The molecule has 3 aliphatic rings. The summed E-state index contributed by atoms with van der Waals surface area (Å²) in [7, 11) is 0. The number of rotatable bonds is 12. The number of carbonyl (C=O) groups is 13. The summed E-state index contributed by atoms with van der Waals surface area (Å²) in [6.45, 7) is 9.28. The van der Waals surface area contributed by atoms with Crippen LogP contribution in [0.25, 0.3) is 11.0 Å². The van der Waals surface area contributed by atoms with Crippen molar-refractivity contribution in [2.24, 2.45) is 17.1 Å². The number of H-pyrrole nitrogens is 1. The number of aliphatic hydroxyl groups is 2. The molecule has 2 aromatic heterocycles. The highest BCUT2D eigenvalue weighted by molar-refractivity contribution is 7.98. The highest BCUT2D eigenvalue weighted by Gasteiger charge is 2.41. The third-order valence-corrected chi connectivity index (χ3v) is 22.3. The maximum atomic E-state index is 15.3. The first-order valence-electron chi connectivity index (χ1n) is 38.8. The summed E-state index contributed by atoms with van der Waals surface area (Å²) < 4.78 is 0. The molecule has 3 aromatic carbocycles. The Labute approximate surface area is 670 Å². The topological polar surface area (TPSA) is 502 Å². The molecule has 0 spiro atoms. The van der Waals surface area contributed by atoms with Gasteiger partial charge in [0.15, 0.2) is 0 Å². The molecule has 1 saturated carbocycles. The van der Waals surface area contributed by atoms with Crippen LogP contribution in [0.15, 0.2) is 97.3 Å². The summed E-state index contributed by atoms with van der Waals surface area (Å²) in [5.74, 6) is -11.1. The number of hydrogen-bond donors (Lipinski definition) is 18. The highest BCUT2D eigenvalue weighted by atomic mass is 32.2. The number of thioether (sulfide) groups is 2. The minimum Gasteiger partial charge on any atom is -0.508 e. The largest absolute Gasteiger partial charge is 0.508 e. The van der Waals surface area contributed by atoms with Gasteiger partial charge in [-0.15, -0.1) is 0 Å². The van der Waals surface area contributed by atoms with Gasteiger partial charge in [0.25, 0.3) is 0 Å². The molecule has 114 heavy (non-hydrogen) atoms. The number of nitrogens with zero attached hydrogens (tertiary/aromatic N) is 1. The van der Waals surface area contributed by atoms with Crippen LogP contribution < -0.4 is 69.5 Å². The Morgan fingerprint density at radius 1 is 0.535 bits per heavy atom. The number of phenolic OH excluding ortho intramolecular Hbond substituents is 2. The fraction of sp³-hybridized carbons (Fsp3) is 0.525. The van der Waals surface area contributed by atoms with Gasteiger partial charge < -0.3 is 94.9 Å². The van der Waals surface area contributed by atoms with Crippen LogP contribution in [0.2, 0.25) is 0 Å². The van der Waals surface area contributed by atoms with Crippen molar-refractivity contribution < 1.29 is 82.8 Å². The zero-order valence-electron chi connectivity index (χ0n) is 65.1. The Hall–Kier alpha value is -10.3. The molecule has 4 heterocycles. The van der Waals surface area contributed by atoms with Gasteiger partial charge in [0, 0.05) is 79.4 Å². The van der Waals surface area contributed by atoms with E-state index in [1.165, 1.54) is 92.1 Å². The number of fused-ring (bicyclic) bond motifs is 12. The van der Waals surface area contributed by atoms with Crippen LogP contribution >= 0.6 is 23.5 Å². The normalized spacial score (nSPS) is 25.4. The van der Waals surface area contributed by atoms with Gasteiger partial charge in [0.1, 0.15) is 83.6 Å². The number of primary amides is 1. The van der Waals surface area contributed by atoms with Gasteiger partial charge in [-0.05, 0) is 134 Å². The van der Waals surface area contributed by atoms with Crippen LogP contribution in [0.5, 0.6) is 11.5 Å². The van der Waals surface area contributed by atoms with Gasteiger partial charge in [-0.2, -0.15) is 23.5 Å². The molecule has 13 amide bonds. The molecule has 618 valence electrons. The number of phenols is 2. The molecule has 1 aliphatic carbocycles. The number of aliphatic hydroxyl groups excluding tert-OH is 2. The Morgan fingerprint density at radius 2 is 1.06 bits per heavy atom. The van der Waals surface area contributed by atoms with Crippen molar-refractivity contribution in [3.05, 3.63) is 125 Å². The van der Waals surface area contributed by atoms with Gasteiger partial charge in [-0.1, -0.05) is 102 Å². The third-order valence-electron chi connectivity index (χ3n) is 20.2. The van der Waals surface area contributed by atoms with Crippen molar-refractivity contribution >= 4 is 111 Å². The van der Waals surface area contributed by atoms with E-state index in [0.717, 1.165) is 17.5 Å². The van der Waals surface area contributed by atoms with Crippen LogP contribution in [0.1, 0.15) is 153 Å². The van der Waals surface area contributed by atoms with Crippen molar-refractivity contribution in [2.45, 2.75) is 234 Å². The van der Waals surface area contributed by atoms with E-state index in [4.69, 9.17) is 5.73 Å². The van der Waals surface area contributed by atoms with E-state index < -0.39 is 180 Å². The number of nitrogens with two attached hydrogens (primary N) is 1. The first kappa shape index (κ1) is 89.2. The molecule has 2 unspecified atom stereocenters. The molecule has 5 aromatic rings. The molecule has 0 radical (unpaired) electrons. The molecule has 13 atom stereocenters. The summed E-state index contributed by atoms with van der Waals surface area (Å²) in [4.78, 5) is 198. The van der Waals surface area contributed by atoms with E-state index in [0.29, 0.717) is 70.7 Å². The maximum Gasteiger partial charge on any atom is 0.245 e. The minimum atomic E-state index is -1.84. The molecular formula is C80H109N15O17S2. The quantitative estimate of drug-likeness (QED) is 0.0844. The molecule has 4 bridgehead atoms. The first-order chi connectivity index (χ1) is 54.3. The molecule has 19 N–H and O–H groups in total. The van der Waals surface area contributed by atoms with Crippen LogP contribution in [0, 0.1) is 11.3 Å². The summed E-state index contributed by atoms with van der Waals surface area (Å²) in [6, 6.07) is 5.57. The molecule has 2 aliphatic heterocycles. The predicted octanol–water partition coefficient (Wildman–Crippen LogP) is 1.66. The molecule has 34 heteroatoms. The lowest BCUT2D eigenvalue weighted by atomic mass is 9.83. The van der Waals surface area contributed by atoms with Crippen molar-refractivity contribution in [3.63, 3.8) is 0 Å². The number of carbonyl (C=O) groups excluding carboxylic acids is 13. The second kappa shape index (κ2) is 43.2. The van der Waals surface area contributed by atoms with Crippen LogP contribution in [0.3, 0.4) is 0 Å². The number of aromatic nitrogens is 2. The summed E-state index contributed by atoms with van der Waals surface area (Å²) in [5, 5.41) is 76.4. The third kappa shape index (κ3) is 27.2. The lowest BCUT2D eigenvalue weighted by Gasteiger charge is -2.33. The van der Waals surface area contributed by atoms with Gasteiger partial charge >= 0.3 is 0 Å². The maximum absolute atomic E-state index is 15.3. The van der Waals surface area contributed by atoms with Crippen LogP contribution in [0.4, 0.5) is 0 Å². The number of aromatic hydroxyl groups is 2. The predicted molar refractivity (Wildman–Crippen MR) is 428 cm³/mol. The van der Waals surface area contributed by atoms with E-state index in [1.807, 2.05) is 24.3 Å². The zero-order valence-corrected chi connectivity index (χ0v) is 66.7. The fourth-order valence-corrected chi connectivity index (χ4v) is 15.7. The van der Waals surface area contributed by atoms with E-state index in [2.05, 4.69) is 73.8 Å². The lowest BCUT2D eigenvalue weighted by Crippen LogP contribution is -2.63. The van der Waals surface area contributed by atoms with Crippen molar-refractivity contribution in [2.75, 3.05) is 18.1 Å². The first-order valence-corrected chi connectivity index (χ1v) is 41.1. The standard InChI is InChI=1S/C80H109N15O17S2/c1-7-15-55-70(103)87-57-30-31-62(100)82-33-12-11-21-56(72(105)93-64(44(2)96)76(109)89-60(74(107)85-55)39-51-40-84-69-54(51)20-14-34-83-69)86-73(106)58(37-46-22-26-52(98)27-23-46)90-79(112)67(80(4,5)6)92-63(101)32-35-113-41-48-16-13-17-49(36-48)42-114-43-61(68(81)102)91-77(110)65(45(3)97)94-78(111)66(50-18-9-8-10-19-50)95-75(108)59(88-71(57)104)38-47-24-28-53(99)29-25-47/h13-14,16-17,20,22-29,34,36,40,44-45,50,55-61,64-67,96-99H,7-12,15,18-19,21,30-33,35,37-39,41-43H2,1-6H3,(H2,81,102)(H,82,100)(H,83,84)(H,85,107)(H,86,106)(H,87,103)(H,88,104)(H,89,109)(H,90,112)(H,91,110)(H,92,101)(H,93,105)(H,94,111)(H,95,108)/t44-,45-,55+,56?,57?,58+,59+,60+,61-,64-,65+,66+,67-/m1/s1. The lowest BCUT2D eigenvalue weighted by molar-refractivity contribution is -0.137. The molecule has 2 fully saturated rings. The number of benzene rings is 3. The number of amides is 13. The molecule has 8 rings (SSSR count). The average molecular weight is 1620 g/mol. The van der Waals surface area contributed by atoms with Gasteiger partial charge in [0.2, 0.25) is 76.8 Å². The van der Waals surface area contributed by atoms with E-state index in [1.54, 1.807) is 46.0 Å². The van der Waals surface area contributed by atoms with Crippen LogP contribution in [-0.2, 0) is 93.1 Å². The Kier molecular flexibility index (Phi) is 33.8. The van der Waals surface area contributed by atoms with Crippen molar-refractivity contribution in [1.82, 2.24) is 73.8 Å². The van der Waals surface area contributed by atoms with Crippen LogP contribution in [-0.4, -0.2) is 204 Å². The van der Waals surface area contributed by atoms with Gasteiger partial charge in [-0.3, -0.25) is 62.3 Å². The number of aromatic amines is 1. The monoisotopic (exact) mass is 1620 g/mol. The number of nitrogens with one attached hydrogen (secondary N) is 13. The number of hydrogen-bond acceptors (Lipinski definition) is 20. The smallest absolute Gasteiger partial charge is 0.245 e. The Bertz CT molecular complexity index is 4170. The highest BCUT2D eigenvalue weighted by Crippen LogP contribution is 2.29. The van der Waals surface area contributed by atoms with Gasteiger partial charge in [0.05, 0.1) is 12.2 Å².